The van der Waals surface area contributed by atoms with Gasteiger partial charge < -0.3 is 39.3 Å². The number of phenolic OH excluding ortho intramolecular Hbond substituents is 1. The molecule has 0 spiro atoms. The van der Waals surface area contributed by atoms with Gasteiger partial charge in [-0.3, -0.25) is 28.8 Å². The Labute approximate surface area is 759 Å². The number of thioether (sulfide) groups is 2. The van der Waals surface area contributed by atoms with Crippen LogP contribution in [0.4, 0.5) is 15.9 Å². The first kappa shape index (κ1) is 94.5. The number of allylic oxidation sites excluding steroid dienone is 1. The summed E-state index contributed by atoms with van der Waals surface area (Å²) >= 11 is 9.07. The van der Waals surface area contributed by atoms with E-state index in [1.807, 2.05) is 188 Å². The van der Waals surface area contributed by atoms with Gasteiger partial charge in [0.05, 0.1) is 65.1 Å². The van der Waals surface area contributed by atoms with Crippen molar-refractivity contribution in [2.24, 2.45) is 16.0 Å². The number of methoxy groups -OCH3 is 2. The number of hydrogen-bond donors (Lipinski definition) is 5. The molecule has 5 heterocycles. The molecule has 654 valence electrons. The number of para-hydroxylation sites is 3. The number of benzene rings is 10. The van der Waals surface area contributed by atoms with Crippen LogP contribution in [0.3, 0.4) is 0 Å². The molecule has 0 bridgehead atoms. The van der Waals surface area contributed by atoms with E-state index in [9.17, 15) is 28.7 Å². The number of aromatic hydroxyl groups is 1. The molecule has 10 aromatic carbocycles. The molecule has 0 unspecified atom stereocenters. The van der Waals surface area contributed by atoms with Gasteiger partial charge in [-0.1, -0.05) is 175 Å². The van der Waals surface area contributed by atoms with Crippen molar-refractivity contribution < 1.29 is 52.3 Å². The van der Waals surface area contributed by atoms with E-state index < -0.39 is 11.7 Å². The number of carbonyl (C=O) groups is 4. The zero-order chi connectivity index (χ0) is 91.6. The highest BCUT2D eigenvalue weighted by molar-refractivity contribution is 8.14. The minimum atomic E-state index is -0.483. The molecule has 26 nitrogen and oxygen atoms in total. The number of ketones is 1. The second-order valence-electron chi connectivity index (χ2n) is 29.3. The Balaban J connectivity index is 0.000000157. The Morgan fingerprint density at radius 3 is 2.23 bits per heavy atom. The van der Waals surface area contributed by atoms with Crippen LogP contribution in [0.15, 0.2) is 268 Å². The molecule has 0 atom stereocenters. The van der Waals surface area contributed by atoms with Crippen LogP contribution in [0.5, 0.6) is 28.7 Å². The number of imidazole rings is 1. The summed E-state index contributed by atoms with van der Waals surface area (Å²) in [5, 5.41) is 63.0. The van der Waals surface area contributed by atoms with Crippen LogP contribution < -0.4 is 35.0 Å². The fourth-order valence-electron chi connectivity index (χ4n) is 12.7. The molecule has 0 fully saturated rings. The molecule has 0 radical (unpaired) electrons. The Hall–Kier alpha value is -15.2. The maximum Gasteiger partial charge on any atom is 0.269 e. The number of phenols is 1. The monoisotopic (exact) mass is 1780 g/mol. The standard InChI is InChI=1S/C25H23FN2O3.C21H23N3O4.C20H17ClN4OS.C17H10N2S.C16H19N5O2/c1-18-10-12-24(31-17-19-6-3-2-4-7-19)21(14-18)16-27-28-25(30)13-11-23(29)20-8-5-9-22(26)15-20;1-13-4-6-18(25)15(10-13)16-12-17(24-23-16)21(26)22-9-8-14-5-7-19(27-2)20(11-14)28-3;1-2-11-25-19(13-26-18-9-7-17(21)8-10-18)23-24-20(25)27-14-16-5-3-15(12-22)4-6-16;1-2-12-9-15(8-7-14(12)11-18)20-17-10-13-5-3-4-6-16(13)19-17;1-10(2)8-9-21-13-7-5-4-6-12(13)18-16(21)14-15(17-11(3)22)20-23-19-14/h2-10,12,14-16H,11,13,17H2,1H3,(H,28,30);4-7,10-12,25H,8-9H2,1-3H3,(H,22,26)(H,23,24);2-10H,1,11,13-14H2;1,3-9H,10H2;4-7,10H,8-9H2,1-3H3,(H,17,20,22)/b27-16+;;;;. The van der Waals surface area contributed by atoms with Gasteiger partial charge in [-0.25, -0.2) is 24.4 Å². The zero-order valence-electron chi connectivity index (χ0n) is 71.8. The average molecular weight is 1780 g/mol. The molecule has 1 aliphatic heterocycles. The number of Topliss-reactive ketones (excluding diaryl/α,β-unsaturated/α-hetero) is 1. The number of terminal acetylenes is 1. The van der Waals surface area contributed by atoms with Gasteiger partial charge in [0.1, 0.15) is 48.0 Å². The molecule has 5 N–H and O–H groups in total. The number of halogens is 2. The Kier molecular flexibility index (Phi) is 35.0. The highest BCUT2D eigenvalue weighted by atomic mass is 35.5. The SMILES string of the molecule is C#Cc1cc(SC2=Nc3ccccc3C2)ccc1C#N.C=CCn1c(COc2ccc(Cl)cc2)nnc1SCc1ccc(C#N)cc1.CC(=O)Nc1nonc1-c1nc2ccccc2n1CCC(C)C.COc1ccc(CCNC(=O)c2cc(-c3cc(C)ccc3O)n[nH]2)cc1OC.Cc1ccc(OCc2ccccc2)c(/C=N/NC(=O)CCC(=O)c2cccc(F)c2)c1. The fraction of sp³-hybridized carbons (Fsp3) is 0.192. The Morgan fingerprint density at radius 1 is 0.752 bits per heavy atom. The number of hydrogen-bond acceptors (Lipinski definition) is 22. The number of rotatable bonds is 30. The number of ether oxygens (including phenoxy) is 4. The molecule has 14 aromatic rings. The molecule has 4 aromatic heterocycles. The van der Waals surface area contributed by atoms with E-state index in [0.29, 0.717) is 112 Å². The van der Waals surface area contributed by atoms with Crippen LogP contribution in [0.1, 0.15) is 122 Å². The predicted octanol–water partition coefficient (Wildman–Crippen LogP) is 19.8. The third kappa shape index (κ3) is 27.9. The van der Waals surface area contributed by atoms with Crippen LogP contribution in [-0.2, 0) is 54.5 Å². The number of nitrogens with one attached hydrogen (secondary N) is 4. The largest absolute Gasteiger partial charge is 0.507 e. The number of hydrazone groups is 1. The molecule has 1 aliphatic rings. The molecule has 0 aliphatic carbocycles. The summed E-state index contributed by atoms with van der Waals surface area (Å²) in [6, 6.07) is 74.0. The predicted molar refractivity (Wildman–Crippen MR) is 499 cm³/mol. The first-order valence-electron chi connectivity index (χ1n) is 40.7. The van der Waals surface area contributed by atoms with Crippen molar-refractivity contribution in [2.45, 2.75) is 109 Å². The fourth-order valence-corrected chi connectivity index (χ4v) is 14.7. The summed E-state index contributed by atoms with van der Waals surface area (Å²) in [7, 11) is 3.18. The second-order valence-corrected chi connectivity index (χ2v) is 31.9. The van der Waals surface area contributed by atoms with Gasteiger partial charge in [0.15, 0.2) is 39.8 Å². The Bertz CT molecular complexity index is 6430. The number of aromatic nitrogens is 9. The molecule has 15 rings (SSSR count). The van der Waals surface area contributed by atoms with E-state index in [1.165, 1.54) is 36.9 Å². The quantitative estimate of drug-likeness (QED) is 0.00697. The Morgan fingerprint density at radius 2 is 1.50 bits per heavy atom. The third-order valence-corrected chi connectivity index (χ3v) is 21.6. The lowest BCUT2D eigenvalue weighted by atomic mass is 10.1. The lowest BCUT2D eigenvalue weighted by molar-refractivity contribution is -0.121. The van der Waals surface area contributed by atoms with E-state index in [2.05, 4.69) is 111 Å². The first-order chi connectivity index (χ1) is 62.6. The van der Waals surface area contributed by atoms with Gasteiger partial charge in [0.2, 0.25) is 17.6 Å². The summed E-state index contributed by atoms with van der Waals surface area (Å²) in [6.45, 7) is 16.1. The number of fused-ring (bicyclic) bond motifs is 2. The molecule has 0 saturated carbocycles. The van der Waals surface area contributed by atoms with Crippen LogP contribution in [0.2, 0.25) is 5.02 Å². The summed E-state index contributed by atoms with van der Waals surface area (Å²) in [6.07, 6.45) is 11.2. The number of aromatic amines is 1. The molecule has 30 heteroatoms. The van der Waals surface area contributed by atoms with E-state index >= 15 is 0 Å². The number of H-pyrrole nitrogens is 1. The van der Waals surface area contributed by atoms with Crippen LogP contribution in [0.25, 0.3) is 33.8 Å². The van der Waals surface area contributed by atoms with E-state index in [1.54, 1.807) is 74.2 Å². The summed E-state index contributed by atoms with van der Waals surface area (Å²) in [5.41, 5.74) is 16.5. The minimum absolute atomic E-state index is 0.0271. The lowest BCUT2D eigenvalue weighted by Gasteiger charge is -2.10. The molecule has 129 heavy (non-hydrogen) atoms. The van der Waals surface area contributed by atoms with Gasteiger partial charge in [-0.05, 0) is 193 Å². The number of anilines is 1. The second kappa shape index (κ2) is 47.8. The summed E-state index contributed by atoms with van der Waals surface area (Å²) < 4.78 is 44.3. The van der Waals surface area contributed by atoms with Crippen molar-refractivity contribution in [2.75, 3.05) is 26.1 Å². The average Bonchev–Trinajstić information content (AvgIpc) is 1.62. The van der Waals surface area contributed by atoms with E-state index in [0.717, 1.165) is 108 Å². The number of aliphatic imine (C=N–C) groups is 1. The van der Waals surface area contributed by atoms with Crippen LogP contribution >= 0.6 is 35.1 Å². The first-order valence-corrected chi connectivity index (χ1v) is 42.9. The van der Waals surface area contributed by atoms with Gasteiger partial charge in [0, 0.05) is 83.7 Å². The number of nitrogens with zero attached hydrogens (tertiary/aromatic N) is 12. The smallest absolute Gasteiger partial charge is 0.269 e. The topological polar surface area (TPSA) is 350 Å². The maximum absolute atomic E-state index is 13.2. The van der Waals surface area contributed by atoms with Crippen LogP contribution in [0, 0.1) is 60.6 Å². The van der Waals surface area contributed by atoms with E-state index in [-0.39, 0.29) is 41.8 Å². The van der Waals surface area contributed by atoms with E-state index in [4.69, 9.17) is 52.1 Å². The van der Waals surface area contributed by atoms with Crippen molar-refractivity contribution in [1.82, 2.24) is 55.6 Å². The van der Waals surface area contributed by atoms with Crippen molar-refractivity contribution in [3.8, 4) is 76.0 Å². The lowest BCUT2D eigenvalue weighted by Crippen LogP contribution is -2.26. The normalized spacial score (nSPS) is 11.0. The highest BCUT2D eigenvalue weighted by Gasteiger charge is 2.23. The van der Waals surface area contributed by atoms with Gasteiger partial charge in [0.25, 0.3) is 5.91 Å². The van der Waals surface area contributed by atoms with Gasteiger partial charge in [-0.15, -0.1) is 23.2 Å². The maximum atomic E-state index is 13.2. The number of amides is 3. The molecular weight excluding hydrogens is 1690 g/mol. The highest BCUT2D eigenvalue weighted by Crippen LogP contribution is 2.36. The van der Waals surface area contributed by atoms with Crippen molar-refractivity contribution in [3.05, 3.63) is 327 Å². The van der Waals surface area contributed by atoms with Gasteiger partial charge in [-0.2, -0.15) is 20.7 Å². The third-order valence-electron chi connectivity index (χ3n) is 19.3. The number of nitriles is 2. The molecular formula is C99H92ClFN16O10S2. The van der Waals surface area contributed by atoms with Crippen molar-refractivity contribution >= 4 is 92.4 Å². The summed E-state index contributed by atoms with van der Waals surface area (Å²) in [4.78, 5) is 58.0. The molecule has 0 saturated heterocycles. The summed E-state index contributed by atoms with van der Waals surface area (Å²) in [5.74, 6) is 6.66. The number of aryl methyl sites for hydroxylation is 3. The van der Waals surface area contributed by atoms with Gasteiger partial charge >= 0.3 is 0 Å². The van der Waals surface area contributed by atoms with Crippen molar-refractivity contribution in [3.63, 3.8) is 0 Å². The zero-order valence-corrected chi connectivity index (χ0v) is 74.2. The minimum Gasteiger partial charge on any atom is -0.507 e. The number of carbonyl (C=O) groups excluding carboxylic acids is 4. The molecule has 3 amide bonds. The van der Waals surface area contributed by atoms with Crippen LogP contribution in [-0.4, -0.2) is 105 Å². The van der Waals surface area contributed by atoms with Crippen molar-refractivity contribution in [1.29, 1.82) is 10.5 Å².